The van der Waals surface area contributed by atoms with Crippen LogP contribution in [0.1, 0.15) is 56.0 Å². The molecular weight excluding hydrogens is 267 g/mol. The number of esters is 1. The molecule has 2 fully saturated rings. The topological polar surface area (TPSA) is 26.3 Å². The zero-order valence-corrected chi connectivity index (χ0v) is 13.2. The number of fused-ring (bicyclic) bond motifs is 2. The van der Waals surface area contributed by atoms with Crippen molar-refractivity contribution in [2.24, 2.45) is 16.7 Å². The number of carbonyl (C=O) groups is 1. The van der Waals surface area contributed by atoms with Crippen molar-refractivity contribution in [3.05, 3.63) is 35.1 Å². The van der Waals surface area contributed by atoms with Crippen LogP contribution in [0.5, 0.6) is 0 Å². The predicted molar refractivity (Wildman–Crippen MR) is 79.6 cm³/mol. The summed E-state index contributed by atoms with van der Waals surface area (Å²) in [6, 6.07) is 4.56. The summed E-state index contributed by atoms with van der Waals surface area (Å²) in [7, 11) is 0. The third kappa shape index (κ3) is 2.01. The number of carbonyl (C=O) groups excluding carboxylic acids is 1. The molecule has 0 N–H and O–H groups in total. The van der Waals surface area contributed by atoms with Crippen LogP contribution in [-0.2, 0) is 4.74 Å². The molecule has 1 aromatic carbocycles. The first-order valence-electron chi connectivity index (χ1n) is 7.73. The zero-order valence-electron chi connectivity index (χ0n) is 13.2. The van der Waals surface area contributed by atoms with E-state index in [0.29, 0.717) is 5.92 Å². The highest BCUT2D eigenvalue weighted by Gasteiger charge is 2.62. The lowest BCUT2D eigenvalue weighted by Crippen LogP contribution is -2.38. The van der Waals surface area contributed by atoms with Gasteiger partial charge in [0.05, 0.1) is 5.56 Å². The molecule has 2 saturated carbocycles. The molecule has 2 nitrogen and oxygen atoms in total. The second-order valence-electron chi connectivity index (χ2n) is 7.49. The van der Waals surface area contributed by atoms with Crippen molar-refractivity contribution in [1.82, 2.24) is 0 Å². The van der Waals surface area contributed by atoms with Gasteiger partial charge in [0, 0.05) is 5.41 Å². The van der Waals surface area contributed by atoms with Crippen molar-refractivity contribution in [3.8, 4) is 0 Å². The predicted octanol–water partition coefficient (Wildman–Crippen LogP) is 4.51. The van der Waals surface area contributed by atoms with Crippen LogP contribution in [0.2, 0.25) is 0 Å². The summed E-state index contributed by atoms with van der Waals surface area (Å²) in [5, 5.41) is 0. The van der Waals surface area contributed by atoms with Gasteiger partial charge in [0.15, 0.2) is 0 Å². The fourth-order valence-corrected chi connectivity index (χ4v) is 4.30. The van der Waals surface area contributed by atoms with Crippen LogP contribution in [-0.4, -0.2) is 12.1 Å². The summed E-state index contributed by atoms with van der Waals surface area (Å²) in [5.74, 6) is -0.424. The summed E-state index contributed by atoms with van der Waals surface area (Å²) >= 11 is 0. The Morgan fingerprint density at radius 1 is 1.33 bits per heavy atom. The van der Waals surface area contributed by atoms with Gasteiger partial charge in [-0.1, -0.05) is 32.4 Å². The Morgan fingerprint density at radius 2 is 2.05 bits per heavy atom. The molecule has 1 aromatic rings. The van der Waals surface area contributed by atoms with Gasteiger partial charge in [-0.15, -0.1) is 0 Å². The number of ether oxygens (including phenoxy) is 1. The summed E-state index contributed by atoms with van der Waals surface area (Å²) in [6.45, 7) is 8.60. The molecular formula is C18H23FO2. The van der Waals surface area contributed by atoms with Crippen LogP contribution >= 0.6 is 0 Å². The van der Waals surface area contributed by atoms with Crippen molar-refractivity contribution in [1.29, 1.82) is 0 Å². The molecule has 0 saturated heterocycles. The smallest absolute Gasteiger partial charge is 0.341 e. The van der Waals surface area contributed by atoms with Crippen molar-refractivity contribution < 1.29 is 13.9 Å². The van der Waals surface area contributed by atoms with Crippen LogP contribution in [0.15, 0.2) is 18.2 Å². The van der Waals surface area contributed by atoms with E-state index in [1.54, 1.807) is 12.1 Å². The normalized spacial score (nSPS) is 33.2. The lowest BCUT2D eigenvalue weighted by atomic mass is 9.70. The molecule has 0 aromatic heterocycles. The molecule has 0 spiro atoms. The van der Waals surface area contributed by atoms with Gasteiger partial charge < -0.3 is 4.74 Å². The molecule has 3 atom stereocenters. The summed E-state index contributed by atoms with van der Waals surface area (Å²) < 4.78 is 19.6. The van der Waals surface area contributed by atoms with Crippen LogP contribution in [0, 0.1) is 29.5 Å². The Bertz CT molecular complexity index is 593. The first-order valence-corrected chi connectivity index (χ1v) is 7.73. The Morgan fingerprint density at radius 3 is 2.62 bits per heavy atom. The lowest BCUT2D eigenvalue weighted by molar-refractivity contribution is -0.0245. The lowest BCUT2D eigenvalue weighted by Gasteiger charge is -2.38. The van der Waals surface area contributed by atoms with E-state index in [2.05, 4.69) is 20.8 Å². The first kappa shape index (κ1) is 14.6. The zero-order chi connectivity index (χ0) is 15.4. The van der Waals surface area contributed by atoms with Gasteiger partial charge in [-0.3, -0.25) is 0 Å². The maximum absolute atomic E-state index is 13.8. The average Bonchev–Trinajstić information content (AvgIpc) is 2.74. The maximum atomic E-state index is 13.8. The van der Waals surface area contributed by atoms with Gasteiger partial charge in [0.2, 0.25) is 0 Å². The molecule has 2 aliphatic carbocycles. The summed E-state index contributed by atoms with van der Waals surface area (Å²) in [4.78, 5) is 12.3. The minimum Gasteiger partial charge on any atom is -0.458 e. The molecule has 3 rings (SSSR count). The maximum Gasteiger partial charge on any atom is 0.341 e. The number of rotatable bonds is 2. The van der Waals surface area contributed by atoms with E-state index in [1.165, 1.54) is 12.5 Å². The third-order valence-corrected chi connectivity index (χ3v) is 6.31. The number of benzene rings is 1. The van der Waals surface area contributed by atoms with Gasteiger partial charge in [0.25, 0.3) is 0 Å². The molecule has 3 unspecified atom stereocenters. The Balaban J connectivity index is 1.82. The quantitative estimate of drug-likeness (QED) is 0.749. The SMILES string of the molecule is Cc1ccc(F)c(C(=O)OC2CC3CCC2(C)C3(C)C)c1. The van der Waals surface area contributed by atoms with E-state index in [0.717, 1.165) is 18.4 Å². The highest BCUT2D eigenvalue weighted by molar-refractivity contribution is 5.90. The van der Waals surface area contributed by atoms with Crippen LogP contribution < -0.4 is 0 Å². The largest absolute Gasteiger partial charge is 0.458 e. The molecule has 3 heteroatoms. The van der Waals surface area contributed by atoms with E-state index >= 15 is 0 Å². The Hall–Kier alpha value is -1.38. The minimum absolute atomic E-state index is 0.00757. The van der Waals surface area contributed by atoms with E-state index in [-0.39, 0.29) is 22.5 Å². The second-order valence-corrected chi connectivity index (χ2v) is 7.49. The molecule has 2 bridgehead atoms. The minimum atomic E-state index is -0.522. The molecule has 0 amide bonds. The fourth-order valence-electron chi connectivity index (χ4n) is 4.30. The Kier molecular flexibility index (Phi) is 3.16. The number of aryl methyl sites for hydroxylation is 1. The second kappa shape index (κ2) is 4.56. The molecule has 2 aliphatic rings. The molecule has 21 heavy (non-hydrogen) atoms. The monoisotopic (exact) mass is 290 g/mol. The van der Waals surface area contributed by atoms with Crippen LogP contribution in [0.4, 0.5) is 4.39 Å². The van der Waals surface area contributed by atoms with E-state index in [9.17, 15) is 9.18 Å². The van der Waals surface area contributed by atoms with Gasteiger partial charge >= 0.3 is 5.97 Å². The third-order valence-electron chi connectivity index (χ3n) is 6.31. The van der Waals surface area contributed by atoms with Gasteiger partial charge in [-0.25, -0.2) is 9.18 Å². The fraction of sp³-hybridized carbons (Fsp3) is 0.611. The van der Waals surface area contributed by atoms with Gasteiger partial charge in [-0.05, 0) is 49.7 Å². The van der Waals surface area contributed by atoms with Crippen molar-refractivity contribution in [2.75, 3.05) is 0 Å². The molecule has 0 aliphatic heterocycles. The van der Waals surface area contributed by atoms with E-state index in [4.69, 9.17) is 4.74 Å². The van der Waals surface area contributed by atoms with Gasteiger partial charge in [-0.2, -0.15) is 0 Å². The van der Waals surface area contributed by atoms with Crippen LogP contribution in [0.25, 0.3) is 0 Å². The van der Waals surface area contributed by atoms with E-state index < -0.39 is 11.8 Å². The van der Waals surface area contributed by atoms with Crippen LogP contribution in [0.3, 0.4) is 0 Å². The van der Waals surface area contributed by atoms with E-state index in [1.807, 2.05) is 6.92 Å². The highest BCUT2D eigenvalue weighted by Crippen LogP contribution is 2.66. The molecule has 0 radical (unpaired) electrons. The standard InChI is InChI=1S/C18H23FO2/c1-11-5-6-14(19)13(9-11)16(20)21-15-10-12-7-8-18(15,4)17(12,2)3/h5-6,9,12,15H,7-8,10H2,1-4H3. The molecule has 0 heterocycles. The van der Waals surface area contributed by atoms with Crippen molar-refractivity contribution in [2.45, 2.75) is 53.1 Å². The first-order chi connectivity index (χ1) is 9.75. The van der Waals surface area contributed by atoms with Crippen molar-refractivity contribution >= 4 is 5.97 Å². The Labute approximate surface area is 125 Å². The summed E-state index contributed by atoms with van der Waals surface area (Å²) in [5.41, 5.74) is 1.11. The summed E-state index contributed by atoms with van der Waals surface area (Å²) in [6.07, 6.45) is 3.09. The number of halogens is 1. The highest BCUT2D eigenvalue weighted by atomic mass is 19.1. The number of hydrogen-bond acceptors (Lipinski definition) is 2. The van der Waals surface area contributed by atoms with Crippen molar-refractivity contribution in [3.63, 3.8) is 0 Å². The molecule has 114 valence electrons. The van der Waals surface area contributed by atoms with Gasteiger partial charge in [0.1, 0.15) is 11.9 Å². The average molecular weight is 290 g/mol. The number of hydrogen-bond donors (Lipinski definition) is 0.